The van der Waals surface area contributed by atoms with Crippen LogP contribution in [0.1, 0.15) is 61.7 Å². The number of nitrogens with zero attached hydrogens (tertiary/aromatic N) is 2. The highest BCUT2D eigenvalue weighted by Gasteiger charge is 2.40. The van der Waals surface area contributed by atoms with E-state index in [-0.39, 0.29) is 17.7 Å². The van der Waals surface area contributed by atoms with Gasteiger partial charge >= 0.3 is 0 Å². The van der Waals surface area contributed by atoms with Crippen molar-refractivity contribution in [2.24, 2.45) is 5.10 Å². The van der Waals surface area contributed by atoms with Crippen molar-refractivity contribution >= 4 is 16.5 Å². The van der Waals surface area contributed by atoms with Gasteiger partial charge in [0.2, 0.25) is 6.23 Å². The molecule has 0 N–H and O–H groups in total. The smallest absolute Gasteiger partial charge is 0.213 e. The predicted octanol–water partition coefficient (Wildman–Crippen LogP) is 7.38. The van der Waals surface area contributed by atoms with Crippen LogP contribution in [0.25, 0.3) is 10.8 Å². The van der Waals surface area contributed by atoms with Crippen molar-refractivity contribution in [3.63, 3.8) is 0 Å². The molecular weight excluding hydrogens is 404 g/mol. The molecule has 0 aromatic heterocycles. The molecule has 0 amide bonds. The molecule has 0 aliphatic carbocycles. The summed E-state index contributed by atoms with van der Waals surface area (Å²) in [6.07, 6.45) is 0.631. The number of hydrogen-bond donors (Lipinski definition) is 0. The maximum absolute atomic E-state index is 6.53. The first-order chi connectivity index (χ1) is 16.0. The minimum Gasteiger partial charge on any atom is -0.464 e. The molecule has 33 heavy (non-hydrogen) atoms. The second-order valence-corrected chi connectivity index (χ2v) is 10.1. The summed E-state index contributed by atoms with van der Waals surface area (Å²) in [6.45, 7) is 6.73. The van der Waals surface area contributed by atoms with E-state index in [2.05, 4.69) is 111 Å². The number of hydrazone groups is 1. The van der Waals surface area contributed by atoms with Gasteiger partial charge in [0.05, 0.1) is 11.8 Å². The molecule has 3 nitrogen and oxygen atoms in total. The lowest BCUT2D eigenvalue weighted by Crippen LogP contribution is -2.33. The van der Waals surface area contributed by atoms with Gasteiger partial charge in [-0.3, -0.25) is 0 Å². The standard InChI is InChI=1S/C30H28N2O/c1-30(2,3)24-16-14-21(15-17-24)29-32-27(25-10-6-7-11-28(25)33-29)19-26(31-32)23-13-12-20-8-4-5-9-22(20)18-23/h4-18,27,29H,19H2,1-3H3/t27-,29-/m1/s1. The second kappa shape index (κ2) is 7.48. The third-order valence-corrected chi connectivity index (χ3v) is 6.84. The van der Waals surface area contributed by atoms with Gasteiger partial charge in [-0.2, -0.15) is 5.10 Å². The summed E-state index contributed by atoms with van der Waals surface area (Å²) in [5.41, 5.74) is 6.08. The van der Waals surface area contributed by atoms with E-state index in [1.54, 1.807) is 0 Å². The van der Waals surface area contributed by atoms with Gasteiger partial charge < -0.3 is 4.74 Å². The van der Waals surface area contributed by atoms with Crippen molar-refractivity contribution < 1.29 is 4.74 Å². The minimum absolute atomic E-state index is 0.121. The minimum atomic E-state index is -0.239. The molecular formula is C30H28N2O. The summed E-state index contributed by atoms with van der Waals surface area (Å²) in [5.74, 6) is 0.957. The van der Waals surface area contributed by atoms with Gasteiger partial charge in [0.25, 0.3) is 0 Å². The van der Waals surface area contributed by atoms with Crippen LogP contribution in [0, 0.1) is 0 Å². The molecule has 6 rings (SSSR count). The van der Waals surface area contributed by atoms with E-state index in [1.807, 2.05) is 6.07 Å². The Bertz CT molecular complexity index is 1360. The molecule has 0 saturated carbocycles. The highest BCUT2D eigenvalue weighted by atomic mass is 16.5. The van der Waals surface area contributed by atoms with E-state index in [0.717, 1.165) is 23.4 Å². The molecule has 164 valence electrons. The van der Waals surface area contributed by atoms with Crippen molar-refractivity contribution in [2.75, 3.05) is 0 Å². The number of ether oxygens (including phenoxy) is 1. The number of para-hydroxylation sites is 1. The lowest BCUT2D eigenvalue weighted by molar-refractivity contribution is -0.0190. The van der Waals surface area contributed by atoms with Crippen LogP contribution in [-0.4, -0.2) is 10.7 Å². The fourth-order valence-electron chi connectivity index (χ4n) is 4.95. The first kappa shape index (κ1) is 20.0. The Hall–Kier alpha value is -3.59. The summed E-state index contributed by atoms with van der Waals surface area (Å²) in [5, 5.41) is 9.80. The zero-order valence-corrected chi connectivity index (χ0v) is 19.3. The van der Waals surface area contributed by atoms with Crippen molar-refractivity contribution in [3.8, 4) is 5.75 Å². The highest BCUT2D eigenvalue weighted by Crippen LogP contribution is 2.47. The van der Waals surface area contributed by atoms with Crippen molar-refractivity contribution in [2.45, 2.75) is 44.9 Å². The summed E-state index contributed by atoms with van der Waals surface area (Å²) in [7, 11) is 0. The third kappa shape index (κ3) is 3.48. The molecule has 2 heterocycles. The molecule has 2 aliphatic heterocycles. The van der Waals surface area contributed by atoms with Crippen LogP contribution >= 0.6 is 0 Å². The first-order valence-corrected chi connectivity index (χ1v) is 11.7. The predicted molar refractivity (Wildman–Crippen MR) is 135 cm³/mol. The lowest BCUT2D eigenvalue weighted by atomic mass is 9.86. The molecule has 2 atom stereocenters. The number of fused-ring (bicyclic) bond motifs is 4. The van der Waals surface area contributed by atoms with Crippen LogP contribution in [0.15, 0.2) is 96.1 Å². The Morgan fingerprint density at radius 1 is 0.818 bits per heavy atom. The van der Waals surface area contributed by atoms with E-state index in [0.29, 0.717) is 0 Å². The van der Waals surface area contributed by atoms with Crippen molar-refractivity contribution in [3.05, 3.63) is 113 Å². The molecule has 0 saturated heterocycles. The zero-order chi connectivity index (χ0) is 22.6. The summed E-state index contributed by atoms with van der Waals surface area (Å²) in [6, 6.07) is 32.5. The van der Waals surface area contributed by atoms with E-state index in [9.17, 15) is 0 Å². The number of hydrogen-bond acceptors (Lipinski definition) is 3. The molecule has 2 aliphatic rings. The van der Waals surface area contributed by atoms with Crippen LogP contribution in [0.4, 0.5) is 0 Å². The van der Waals surface area contributed by atoms with Gasteiger partial charge in [-0.05, 0) is 39.4 Å². The lowest BCUT2D eigenvalue weighted by Gasteiger charge is -2.38. The Morgan fingerprint density at radius 3 is 2.33 bits per heavy atom. The molecule has 0 bridgehead atoms. The van der Waals surface area contributed by atoms with Gasteiger partial charge in [-0.15, -0.1) is 0 Å². The van der Waals surface area contributed by atoms with Crippen LogP contribution < -0.4 is 4.74 Å². The van der Waals surface area contributed by atoms with Gasteiger partial charge in [-0.1, -0.05) is 99.6 Å². The largest absolute Gasteiger partial charge is 0.464 e. The van der Waals surface area contributed by atoms with Crippen LogP contribution in [-0.2, 0) is 5.41 Å². The maximum atomic E-state index is 6.53. The Balaban J connectivity index is 1.41. The fraction of sp³-hybridized carbons (Fsp3) is 0.233. The maximum Gasteiger partial charge on any atom is 0.213 e. The molecule has 4 aromatic carbocycles. The Kier molecular flexibility index (Phi) is 4.55. The zero-order valence-electron chi connectivity index (χ0n) is 19.3. The van der Waals surface area contributed by atoms with Crippen LogP contribution in [0.3, 0.4) is 0 Å². The molecule has 0 spiro atoms. The molecule has 0 unspecified atom stereocenters. The summed E-state index contributed by atoms with van der Waals surface area (Å²) < 4.78 is 6.53. The highest BCUT2D eigenvalue weighted by molar-refractivity contribution is 6.04. The SMILES string of the molecule is CC(C)(C)c1ccc([C@H]2Oc3ccccc3[C@H]3CC(c4ccc5ccccc5c4)=NN32)cc1. The average molecular weight is 433 g/mol. The van der Waals surface area contributed by atoms with Gasteiger partial charge in [0.15, 0.2) is 0 Å². The van der Waals surface area contributed by atoms with Crippen molar-refractivity contribution in [1.82, 2.24) is 5.01 Å². The summed E-state index contributed by atoms with van der Waals surface area (Å²) in [4.78, 5) is 0. The Labute approximate surface area is 195 Å². The van der Waals surface area contributed by atoms with Gasteiger partial charge in [0, 0.05) is 17.5 Å². The third-order valence-electron chi connectivity index (χ3n) is 6.84. The number of benzene rings is 4. The fourth-order valence-corrected chi connectivity index (χ4v) is 4.95. The van der Waals surface area contributed by atoms with Crippen LogP contribution in [0.5, 0.6) is 5.75 Å². The second-order valence-electron chi connectivity index (χ2n) is 10.1. The normalized spacial score (nSPS) is 19.6. The quantitative estimate of drug-likeness (QED) is 0.330. The first-order valence-electron chi connectivity index (χ1n) is 11.7. The summed E-state index contributed by atoms with van der Waals surface area (Å²) >= 11 is 0. The average Bonchev–Trinajstić information content (AvgIpc) is 3.29. The van der Waals surface area contributed by atoms with Gasteiger partial charge in [0.1, 0.15) is 5.75 Å². The number of rotatable bonds is 2. The molecule has 0 fully saturated rings. The van der Waals surface area contributed by atoms with Crippen LogP contribution in [0.2, 0.25) is 0 Å². The Morgan fingerprint density at radius 2 is 1.55 bits per heavy atom. The van der Waals surface area contributed by atoms with E-state index in [1.165, 1.54) is 27.5 Å². The molecule has 0 radical (unpaired) electrons. The van der Waals surface area contributed by atoms with Crippen molar-refractivity contribution in [1.29, 1.82) is 0 Å². The van der Waals surface area contributed by atoms with E-state index < -0.39 is 0 Å². The molecule has 4 aromatic rings. The molecule has 3 heteroatoms. The van der Waals surface area contributed by atoms with E-state index in [4.69, 9.17) is 9.84 Å². The topological polar surface area (TPSA) is 24.8 Å². The monoisotopic (exact) mass is 432 g/mol. The van der Waals surface area contributed by atoms with E-state index >= 15 is 0 Å². The van der Waals surface area contributed by atoms with Gasteiger partial charge in [-0.25, -0.2) is 5.01 Å².